The topological polar surface area (TPSA) is 38.0 Å². The summed E-state index contributed by atoms with van der Waals surface area (Å²) in [7, 11) is 0. The predicted molar refractivity (Wildman–Crippen MR) is 82.0 cm³/mol. The van der Waals surface area contributed by atoms with Gasteiger partial charge in [0.15, 0.2) is 0 Å². The zero-order valence-corrected chi connectivity index (χ0v) is 11.7. The molecule has 1 unspecified atom stereocenters. The van der Waals surface area contributed by atoms with Crippen LogP contribution in [0.3, 0.4) is 0 Å². The lowest BCUT2D eigenvalue weighted by Gasteiger charge is -2.13. The van der Waals surface area contributed by atoms with Gasteiger partial charge in [-0.2, -0.15) is 0 Å². The van der Waals surface area contributed by atoms with Gasteiger partial charge in [-0.25, -0.2) is 4.39 Å². The first-order valence-electron chi connectivity index (χ1n) is 6.45. The van der Waals surface area contributed by atoms with Gasteiger partial charge in [0, 0.05) is 9.58 Å². The van der Waals surface area contributed by atoms with E-state index in [1.165, 1.54) is 11.6 Å². The fraction of sp³-hybridized carbons (Fsp3) is 0.125. The second kappa shape index (κ2) is 5.71. The van der Waals surface area contributed by atoms with E-state index in [1.54, 1.807) is 17.4 Å². The molecular formula is C16H15FN2S. The van der Waals surface area contributed by atoms with Crippen LogP contribution in [-0.2, 0) is 6.42 Å². The molecule has 20 heavy (non-hydrogen) atoms. The molecule has 0 bridgehead atoms. The normalized spacial score (nSPS) is 12.7. The molecule has 3 N–H and O–H groups in total. The molecule has 0 radical (unpaired) electrons. The van der Waals surface area contributed by atoms with Crippen molar-refractivity contribution in [1.82, 2.24) is 5.43 Å². The van der Waals surface area contributed by atoms with Gasteiger partial charge in [-0.05, 0) is 41.6 Å². The van der Waals surface area contributed by atoms with Gasteiger partial charge in [-0.1, -0.05) is 30.3 Å². The number of nitrogens with one attached hydrogen (secondary N) is 1. The zero-order valence-electron chi connectivity index (χ0n) is 10.8. The maximum atomic E-state index is 13.2. The molecule has 102 valence electrons. The average molecular weight is 286 g/mol. The summed E-state index contributed by atoms with van der Waals surface area (Å²) in [4.78, 5) is 1.12. The Morgan fingerprint density at radius 1 is 1.10 bits per heavy atom. The number of nitrogens with two attached hydrogens (primary N) is 1. The van der Waals surface area contributed by atoms with Crippen molar-refractivity contribution in [2.45, 2.75) is 12.5 Å². The minimum atomic E-state index is -0.206. The van der Waals surface area contributed by atoms with E-state index in [0.29, 0.717) is 0 Å². The Labute approximate surface area is 121 Å². The number of hydrogen-bond donors (Lipinski definition) is 2. The van der Waals surface area contributed by atoms with Gasteiger partial charge in [0.05, 0.1) is 6.04 Å². The van der Waals surface area contributed by atoms with Crippen LogP contribution in [0.25, 0.3) is 10.1 Å². The van der Waals surface area contributed by atoms with E-state index >= 15 is 0 Å². The van der Waals surface area contributed by atoms with Gasteiger partial charge in [-0.3, -0.25) is 11.3 Å². The van der Waals surface area contributed by atoms with Crippen molar-refractivity contribution < 1.29 is 4.39 Å². The summed E-state index contributed by atoms with van der Waals surface area (Å²) in [5.41, 5.74) is 4.08. The van der Waals surface area contributed by atoms with Crippen LogP contribution in [0.2, 0.25) is 0 Å². The van der Waals surface area contributed by atoms with Gasteiger partial charge >= 0.3 is 0 Å². The van der Waals surface area contributed by atoms with Gasteiger partial charge in [-0.15, -0.1) is 11.3 Å². The summed E-state index contributed by atoms with van der Waals surface area (Å²) in [6.45, 7) is 0. The van der Waals surface area contributed by atoms with Crippen LogP contribution in [0.15, 0.2) is 54.6 Å². The first kappa shape index (κ1) is 13.2. The zero-order chi connectivity index (χ0) is 13.9. The second-order valence-corrected chi connectivity index (χ2v) is 5.86. The molecule has 2 nitrogen and oxygen atoms in total. The molecule has 2 aromatic carbocycles. The van der Waals surface area contributed by atoms with E-state index in [0.717, 1.165) is 21.4 Å². The molecule has 0 aliphatic heterocycles. The highest BCUT2D eigenvalue weighted by molar-refractivity contribution is 7.19. The molecule has 0 saturated carbocycles. The van der Waals surface area contributed by atoms with Gasteiger partial charge < -0.3 is 0 Å². The van der Waals surface area contributed by atoms with Crippen LogP contribution in [0.1, 0.15) is 16.5 Å². The third-order valence-electron chi connectivity index (χ3n) is 3.32. The molecule has 0 spiro atoms. The molecule has 1 aromatic heterocycles. The highest BCUT2D eigenvalue weighted by atomic mass is 32.1. The Morgan fingerprint density at radius 2 is 1.90 bits per heavy atom. The van der Waals surface area contributed by atoms with Crippen LogP contribution in [0, 0.1) is 5.82 Å². The minimum absolute atomic E-state index is 0.0397. The number of fused-ring (bicyclic) bond motifs is 1. The van der Waals surface area contributed by atoms with Gasteiger partial charge in [0.2, 0.25) is 0 Å². The molecule has 3 rings (SSSR count). The van der Waals surface area contributed by atoms with E-state index in [1.807, 2.05) is 30.3 Å². The van der Waals surface area contributed by atoms with Crippen molar-refractivity contribution in [3.8, 4) is 0 Å². The van der Waals surface area contributed by atoms with Crippen molar-refractivity contribution in [2.75, 3.05) is 0 Å². The van der Waals surface area contributed by atoms with Crippen molar-refractivity contribution >= 4 is 21.4 Å². The maximum absolute atomic E-state index is 13.2. The molecule has 3 aromatic rings. The Bertz CT molecular complexity index is 709. The van der Waals surface area contributed by atoms with E-state index in [9.17, 15) is 4.39 Å². The van der Waals surface area contributed by atoms with Crippen LogP contribution >= 0.6 is 11.3 Å². The Hall–Kier alpha value is -1.75. The summed E-state index contributed by atoms with van der Waals surface area (Å²) < 4.78 is 14.3. The van der Waals surface area contributed by atoms with Crippen molar-refractivity contribution in [2.24, 2.45) is 5.84 Å². The molecule has 0 aliphatic carbocycles. The SMILES string of the molecule is NNC(Cc1ccccc1)c1cc2cc(F)ccc2s1. The number of hydrazine groups is 1. The molecular weight excluding hydrogens is 271 g/mol. The highest BCUT2D eigenvalue weighted by Gasteiger charge is 2.14. The quantitative estimate of drug-likeness (QED) is 0.565. The molecule has 0 saturated heterocycles. The number of benzene rings is 2. The van der Waals surface area contributed by atoms with E-state index < -0.39 is 0 Å². The van der Waals surface area contributed by atoms with Crippen molar-refractivity contribution in [1.29, 1.82) is 0 Å². The first-order valence-corrected chi connectivity index (χ1v) is 7.27. The third-order valence-corrected chi connectivity index (χ3v) is 4.55. The highest BCUT2D eigenvalue weighted by Crippen LogP contribution is 2.31. The van der Waals surface area contributed by atoms with Crippen LogP contribution < -0.4 is 11.3 Å². The lowest BCUT2D eigenvalue weighted by Crippen LogP contribution is -2.28. The number of halogens is 1. The van der Waals surface area contributed by atoms with Gasteiger partial charge in [0.25, 0.3) is 0 Å². The van der Waals surface area contributed by atoms with Crippen LogP contribution in [-0.4, -0.2) is 0 Å². The monoisotopic (exact) mass is 286 g/mol. The predicted octanol–water partition coefficient (Wildman–Crippen LogP) is 3.79. The second-order valence-electron chi connectivity index (χ2n) is 4.74. The first-order chi connectivity index (χ1) is 9.76. The number of hydrogen-bond acceptors (Lipinski definition) is 3. The van der Waals surface area contributed by atoms with Gasteiger partial charge in [0.1, 0.15) is 5.82 Å². The molecule has 4 heteroatoms. The lowest BCUT2D eigenvalue weighted by atomic mass is 10.0. The standard InChI is InChI=1S/C16H15FN2S/c17-13-6-7-15-12(9-13)10-16(20-15)14(19-18)8-11-4-2-1-3-5-11/h1-7,9-10,14,19H,8,18H2. The molecule has 0 amide bonds. The summed E-state index contributed by atoms with van der Waals surface area (Å²) in [5.74, 6) is 5.48. The van der Waals surface area contributed by atoms with E-state index in [-0.39, 0.29) is 11.9 Å². The number of thiophene rings is 1. The summed E-state index contributed by atoms with van der Waals surface area (Å²) in [6.07, 6.45) is 0.812. The Kier molecular flexibility index (Phi) is 3.78. The molecule has 1 atom stereocenters. The smallest absolute Gasteiger partial charge is 0.123 e. The average Bonchev–Trinajstić information content (AvgIpc) is 2.88. The summed E-state index contributed by atoms with van der Waals surface area (Å²) in [6, 6.07) is 17.1. The van der Waals surface area contributed by atoms with E-state index in [2.05, 4.69) is 17.6 Å². The van der Waals surface area contributed by atoms with E-state index in [4.69, 9.17) is 5.84 Å². The summed E-state index contributed by atoms with van der Waals surface area (Å²) >= 11 is 1.65. The van der Waals surface area contributed by atoms with Crippen molar-refractivity contribution in [3.05, 3.63) is 70.9 Å². The third kappa shape index (κ3) is 2.72. The molecule has 0 fully saturated rings. The Morgan fingerprint density at radius 3 is 2.65 bits per heavy atom. The number of rotatable bonds is 4. The Balaban J connectivity index is 1.91. The van der Waals surface area contributed by atoms with Crippen LogP contribution in [0.4, 0.5) is 4.39 Å². The fourth-order valence-corrected chi connectivity index (χ4v) is 3.40. The molecule has 0 aliphatic rings. The fourth-order valence-electron chi connectivity index (χ4n) is 2.30. The minimum Gasteiger partial charge on any atom is -0.271 e. The lowest BCUT2D eigenvalue weighted by molar-refractivity contribution is 0.561. The van der Waals surface area contributed by atoms with Crippen LogP contribution in [0.5, 0.6) is 0 Å². The largest absolute Gasteiger partial charge is 0.271 e. The summed E-state index contributed by atoms with van der Waals surface area (Å²) in [5, 5.41) is 0.929. The maximum Gasteiger partial charge on any atom is 0.123 e. The van der Waals surface area contributed by atoms with Crippen molar-refractivity contribution in [3.63, 3.8) is 0 Å². The molecule has 1 heterocycles.